The van der Waals surface area contributed by atoms with Crippen LogP contribution in [0.3, 0.4) is 0 Å². The predicted octanol–water partition coefficient (Wildman–Crippen LogP) is 2.34. The number of carboxylic acids is 1. The van der Waals surface area contributed by atoms with E-state index >= 15 is 0 Å². The number of nitrogens with zero attached hydrogens (tertiary/aromatic N) is 3. The van der Waals surface area contributed by atoms with Crippen LogP contribution in [0.25, 0.3) is 10.4 Å². The summed E-state index contributed by atoms with van der Waals surface area (Å²) >= 11 is 0. The standard InChI is InChI=1S/C18H30N4O7/c1-13(2)11-28-18(27)10-14(12-29-17(26)8-7-16(24)25)21-15(23)6-4-3-5-9-20-22-19/h13-14H,3-12H2,1-2H3,(H,21,23)(H,24,25)/t14-/m1/s1. The number of amides is 1. The fourth-order valence-corrected chi connectivity index (χ4v) is 2.14. The van der Waals surface area contributed by atoms with Crippen LogP contribution >= 0.6 is 0 Å². The number of esters is 2. The molecule has 29 heavy (non-hydrogen) atoms. The van der Waals surface area contributed by atoms with E-state index in [-0.39, 0.29) is 50.7 Å². The fourth-order valence-electron chi connectivity index (χ4n) is 2.14. The van der Waals surface area contributed by atoms with Gasteiger partial charge in [0.05, 0.1) is 31.9 Å². The van der Waals surface area contributed by atoms with Gasteiger partial charge in [-0.2, -0.15) is 0 Å². The maximum atomic E-state index is 12.1. The minimum Gasteiger partial charge on any atom is -0.481 e. The van der Waals surface area contributed by atoms with Crippen molar-refractivity contribution < 1.29 is 33.8 Å². The number of ether oxygens (including phenoxy) is 2. The topological polar surface area (TPSA) is 168 Å². The molecule has 0 aliphatic heterocycles. The first-order valence-electron chi connectivity index (χ1n) is 9.57. The van der Waals surface area contributed by atoms with Gasteiger partial charge >= 0.3 is 17.9 Å². The molecular formula is C18H30N4O7. The van der Waals surface area contributed by atoms with Crippen LogP contribution in [0, 0.1) is 5.92 Å². The summed E-state index contributed by atoms with van der Waals surface area (Å²) in [5.41, 5.74) is 8.19. The zero-order valence-electron chi connectivity index (χ0n) is 17.0. The number of unbranched alkanes of at least 4 members (excludes halogenated alkanes) is 2. The monoisotopic (exact) mass is 414 g/mol. The molecule has 0 radical (unpaired) electrons. The third kappa shape index (κ3) is 17.0. The van der Waals surface area contributed by atoms with E-state index in [0.717, 1.165) is 0 Å². The van der Waals surface area contributed by atoms with Gasteiger partial charge in [0.2, 0.25) is 5.91 Å². The van der Waals surface area contributed by atoms with Crippen LogP contribution in [0.15, 0.2) is 5.11 Å². The Morgan fingerprint density at radius 1 is 1.00 bits per heavy atom. The molecule has 0 rings (SSSR count). The molecular weight excluding hydrogens is 384 g/mol. The molecule has 0 aliphatic rings. The molecule has 0 spiro atoms. The van der Waals surface area contributed by atoms with Crippen molar-refractivity contribution in [3.63, 3.8) is 0 Å². The average molecular weight is 414 g/mol. The number of carbonyl (C=O) groups excluding carboxylic acids is 3. The Bertz CT molecular complexity index is 589. The molecule has 11 nitrogen and oxygen atoms in total. The Balaban J connectivity index is 4.50. The van der Waals surface area contributed by atoms with E-state index in [2.05, 4.69) is 15.3 Å². The summed E-state index contributed by atoms with van der Waals surface area (Å²) in [5, 5.41) is 14.6. The van der Waals surface area contributed by atoms with Gasteiger partial charge in [-0.25, -0.2) is 0 Å². The minimum absolute atomic E-state index is 0.159. The number of carbonyl (C=O) groups is 4. The van der Waals surface area contributed by atoms with Gasteiger partial charge in [0.1, 0.15) is 6.61 Å². The largest absolute Gasteiger partial charge is 0.481 e. The zero-order chi connectivity index (χ0) is 22.1. The normalized spacial score (nSPS) is 11.3. The molecule has 0 aliphatic carbocycles. The molecule has 0 bridgehead atoms. The molecule has 0 aromatic heterocycles. The first-order valence-corrected chi connectivity index (χ1v) is 9.57. The highest BCUT2D eigenvalue weighted by atomic mass is 16.5. The quantitative estimate of drug-likeness (QED) is 0.128. The van der Waals surface area contributed by atoms with Gasteiger partial charge in [0.25, 0.3) is 0 Å². The molecule has 0 saturated heterocycles. The average Bonchev–Trinajstić information content (AvgIpc) is 2.65. The van der Waals surface area contributed by atoms with Crippen molar-refractivity contribution in [1.82, 2.24) is 5.32 Å². The number of aliphatic carboxylic acids is 1. The lowest BCUT2D eigenvalue weighted by atomic mass is 10.1. The number of carboxylic acid groups (broad SMARTS) is 1. The molecule has 1 amide bonds. The van der Waals surface area contributed by atoms with Gasteiger partial charge in [-0.05, 0) is 24.3 Å². The van der Waals surface area contributed by atoms with Crippen molar-refractivity contribution in [2.45, 2.75) is 64.8 Å². The summed E-state index contributed by atoms with van der Waals surface area (Å²) in [4.78, 5) is 48.7. The summed E-state index contributed by atoms with van der Waals surface area (Å²) < 4.78 is 10.1. The second kappa shape index (κ2) is 16.2. The van der Waals surface area contributed by atoms with Gasteiger partial charge < -0.3 is 19.9 Å². The van der Waals surface area contributed by atoms with Crippen LogP contribution in [0.1, 0.15) is 58.8 Å². The van der Waals surface area contributed by atoms with Crippen molar-refractivity contribution in [3.05, 3.63) is 10.4 Å². The molecule has 0 fully saturated rings. The van der Waals surface area contributed by atoms with Crippen LogP contribution < -0.4 is 5.32 Å². The van der Waals surface area contributed by atoms with Crippen LogP contribution in [-0.2, 0) is 28.7 Å². The second-order valence-corrected chi connectivity index (χ2v) is 6.89. The van der Waals surface area contributed by atoms with Gasteiger partial charge in [-0.3, -0.25) is 19.2 Å². The molecule has 11 heteroatoms. The first-order chi connectivity index (χ1) is 13.7. The third-order valence-corrected chi connectivity index (χ3v) is 3.57. The van der Waals surface area contributed by atoms with Crippen molar-refractivity contribution in [2.24, 2.45) is 11.0 Å². The lowest BCUT2D eigenvalue weighted by Crippen LogP contribution is -2.40. The van der Waals surface area contributed by atoms with Gasteiger partial charge in [0, 0.05) is 17.9 Å². The van der Waals surface area contributed by atoms with Crippen molar-refractivity contribution in [3.8, 4) is 0 Å². The molecule has 0 heterocycles. The van der Waals surface area contributed by atoms with E-state index in [9.17, 15) is 19.2 Å². The number of rotatable bonds is 16. The number of nitrogens with one attached hydrogen (secondary N) is 1. The van der Waals surface area contributed by atoms with Crippen LogP contribution in [-0.4, -0.2) is 54.7 Å². The summed E-state index contributed by atoms with van der Waals surface area (Å²) in [6, 6.07) is -0.765. The summed E-state index contributed by atoms with van der Waals surface area (Å²) in [5.74, 6) is -2.52. The van der Waals surface area contributed by atoms with E-state index < -0.39 is 23.9 Å². The maximum absolute atomic E-state index is 12.1. The molecule has 2 N–H and O–H groups in total. The zero-order valence-corrected chi connectivity index (χ0v) is 17.0. The number of hydrogen-bond donors (Lipinski definition) is 2. The lowest BCUT2D eigenvalue weighted by Gasteiger charge is -2.18. The molecule has 164 valence electrons. The van der Waals surface area contributed by atoms with E-state index in [0.29, 0.717) is 25.8 Å². The Kier molecular flexibility index (Phi) is 14.6. The Morgan fingerprint density at radius 2 is 1.69 bits per heavy atom. The van der Waals surface area contributed by atoms with E-state index in [1.54, 1.807) is 0 Å². The SMILES string of the molecule is CC(C)COC(=O)C[C@H](COC(=O)CCC(=O)O)NC(=O)CCCCCN=[N+]=[N-]. The summed E-state index contributed by atoms with van der Waals surface area (Å²) in [6.45, 7) is 4.13. The van der Waals surface area contributed by atoms with Crippen LogP contribution in [0.5, 0.6) is 0 Å². The smallest absolute Gasteiger partial charge is 0.308 e. The first kappa shape index (κ1) is 26.2. The van der Waals surface area contributed by atoms with E-state index in [4.69, 9.17) is 20.1 Å². The highest BCUT2D eigenvalue weighted by molar-refractivity contribution is 5.78. The van der Waals surface area contributed by atoms with E-state index in [1.165, 1.54) is 0 Å². The highest BCUT2D eigenvalue weighted by Gasteiger charge is 2.20. The van der Waals surface area contributed by atoms with Crippen LogP contribution in [0.2, 0.25) is 0 Å². The third-order valence-electron chi connectivity index (χ3n) is 3.57. The van der Waals surface area contributed by atoms with Gasteiger partial charge in [0.15, 0.2) is 0 Å². The van der Waals surface area contributed by atoms with Crippen LogP contribution in [0.4, 0.5) is 0 Å². The molecule has 0 aromatic carbocycles. The van der Waals surface area contributed by atoms with Gasteiger partial charge in [-0.15, -0.1) is 0 Å². The number of azide groups is 1. The maximum Gasteiger partial charge on any atom is 0.308 e. The summed E-state index contributed by atoms with van der Waals surface area (Å²) in [6.07, 6.45) is 1.35. The Hall–Kier alpha value is -2.81. The highest BCUT2D eigenvalue weighted by Crippen LogP contribution is 2.05. The Morgan fingerprint density at radius 3 is 2.31 bits per heavy atom. The molecule has 1 atom stereocenters. The van der Waals surface area contributed by atoms with E-state index in [1.807, 2.05) is 13.8 Å². The minimum atomic E-state index is -1.12. The predicted molar refractivity (Wildman–Crippen MR) is 103 cm³/mol. The summed E-state index contributed by atoms with van der Waals surface area (Å²) in [7, 11) is 0. The number of hydrogen-bond acceptors (Lipinski definition) is 7. The van der Waals surface area contributed by atoms with Crippen molar-refractivity contribution in [2.75, 3.05) is 19.8 Å². The van der Waals surface area contributed by atoms with Gasteiger partial charge in [-0.1, -0.05) is 25.4 Å². The Labute approximate surface area is 169 Å². The molecule has 0 aromatic rings. The van der Waals surface area contributed by atoms with Crippen molar-refractivity contribution >= 4 is 23.8 Å². The van der Waals surface area contributed by atoms with Crippen molar-refractivity contribution in [1.29, 1.82) is 0 Å². The molecule has 0 unspecified atom stereocenters. The molecule has 0 saturated carbocycles. The second-order valence-electron chi connectivity index (χ2n) is 6.89. The fraction of sp³-hybridized carbons (Fsp3) is 0.778. The lowest BCUT2D eigenvalue weighted by molar-refractivity contribution is -0.151.